The van der Waals surface area contributed by atoms with Crippen molar-refractivity contribution < 1.29 is 13.2 Å². The lowest BCUT2D eigenvalue weighted by Crippen LogP contribution is -2.31. The molecule has 1 fully saturated rings. The highest BCUT2D eigenvalue weighted by Gasteiger charge is 2.23. The fourth-order valence-corrected chi connectivity index (χ4v) is 2.37. The van der Waals surface area contributed by atoms with E-state index in [1.807, 2.05) is 0 Å². The summed E-state index contributed by atoms with van der Waals surface area (Å²) in [5, 5.41) is 2.75. The zero-order chi connectivity index (χ0) is 13.9. The first kappa shape index (κ1) is 14.2. The second-order valence-electron chi connectivity index (χ2n) is 4.18. The molecule has 0 atom stereocenters. The Morgan fingerprint density at radius 3 is 2.58 bits per heavy atom. The van der Waals surface area contributed by atoms with Gasteiger partial charge in [0.15, 0.2) is 0 Å². The molecule has 0 spiro atoms. The SMILES string of the molecule is O=C(CCNS(=O)(=O)c1cnc(Cl)nc1)NC1CC1. The lowest BCUT2D eigenvalue weighted by molar-refractivity contribution is -0.121. The number of hydrogen-bond acceptors (Lipinski definition) is 5. The molecule has 2 N–H and O–H groups in total. The summed E-state index contributed by atoms with van der Waals surface area (Å²) >= 11 is 5.47. The summed E-state index contributed by atoms with van der Waals surface area (Å²) in [5.41, 5.74) is 0. The van der Waals surface area contributed by atoms with Crippen LogP contribution in [-0.4, -0.2) is 36.9 Å². The molecule has 1 amide bonds. The van der Waals surface area contributed by atoms with Gasteiger partial charge >= 0.3 is 0 Å². The van der Waals surface area contributed by atoms with Gasteiger partial charge in [-0.1, -0.05) is 0 Å². The van der Waals surface area contributed by atoms with Gasteiger partial charge in [0.1, 0.15) is 4.90 Å². The normalized spacial score (nSPS) is 15.2. The first-order valence-electron chi connectivity index (χ1n) is 5.74. The number of rotatable bonds is 6. The predicted octanol–water partition coefficient (Wildman–Crippen LogP) is 0.0770. The minimum Gasteiger partial charge on any atom is -0.353 e. The van der Waals surface area contributed by atoms with Crippen molar-refractivity contribution >= 4 is 27.5 Å². The molecule has 1 aromatic rings. The van der Waals surface area contributed by atoms with Crippen LogP contribution < -0.4 is 10.0 Å². The number of aromatic nitrogens is 2. The van der Waals surface area contributed by atoms with E-state index in [9.17, 15) is 13.2 Å². The van der Waals surface area contributed by atoms with E-state index in [0.717, 1.165) is 25.2 Å². The molecule has 7 nitrogen and oxygen atoms in total. The van der Waals surface area contributed by atoms with Gasteiger partial charge in [-0.3, -0.25) is 4.79 Å². The molecule has 1 aromatic heterocycles. The summed E-state index contributed by atoms with van der Waals surface area (Å²) in [6.07, 6.45) is 4.33. The van der Waals surface area contributed by atoms with Crippen molar-refractivity contribution in [3.63, 3.8) is 0 Å². The number of nitrogens with zero attached hydrogens (tertiary/aromatic N) is 2. The fourth-order valence-electron chi connectivity index (χ4n) is 1.35. The monoisotopic (exact) mass is 304 g/mol. The van der Waals surface area contributed by atoms with Gasteiger partial charge in [0, 0.05) is 19.0 Å². The Kier molecular flexibility index (Phi) is 4.33. The molecule has 1 aliphatic rings. The summed E-state index contributed by atoms with van der Waals surface area (Å²) in [4.78, 5) is 18.5. The maximum absolute atomic E-state index is 11.8. The lowest BCUT2D eigenvalue weighted by Gasteiger charge is -2.06. The molecule has 0 aromatic carbocycles. The van der Waals surface area contributed by atoms with E-state index in [1.165, 1.54) is 0 Å². The number of carbonyl (C=O) groups is 1. The zero-order valence-electron chi connectivity index (χ0n) is 9.97. The van der Waals surface area contributed by atoms with E-state index in [-0.39, 0.29) is 35.1 Å². The molecular weight excluding hydrogens is 292 g/mol. The molecule has 1 heterocycles. The average Bonchev–Trinajstić information content (AvgIpc) is 3.13. The second-order valence-corrected chi connectivity index (χ2v) is 6.28. The molecule has 0 saturated heterocycles. The van der Waals surface area contributed by atoms with E-state index < -0.39 is 10.0 Å². The van der Waals surface area contributed by atoms with Crippen molar-refractivity contribution in [2.24, 2.45) is 0 Å². The molecule has 1 saturated carbocycles. The fraction of sp³-hybridized carbons (Fsp3) is 0.500. The Balaban J connectivity index is 1.83. The van der Waals surface area contributed by atoms with Gasteiger partial charge < -0.3 is 5.32 Å². The highest BCUT2D eigenvalue weighted by molar-refractivity contribution is 7.89. The van der Waals surface area contributed by atoms with Crippen molar-refractivity contribution in [1.29, 1.82) is 0 Å². The molecule has 9 heteroatoms. The van der Waals surface area contributed by atoms with Crippen molar-refractivity contribution in [3.05, 3.63) is 17.7 Å². The van der Waals surface area contributed by atoms with Gasteiger partial charge in [-0.15, -0.1) is 0 Å². The minimum absolute atomic E-state index is 0.0252. The van der Waals surface area contributed by atoms with E-state index in [1.54, 1.807) is 0 Å². The Morgan fingerprint density at radius 1 is 1.37 bits per heavy atom. The molecule has 0 radical (unpaired) electrons. The Labute approximate surface area is 115 Å². The molecule has 0 aliphatic heterocycles. The van der Waals surface area contributed by atoms with E-state index >= 15 is 0 Å². The van der Waals surface area contributed by atoms with Crippen LogP contribution in [0.25, 0.3) is 0 Å². The third kappa shape index (κ3) is 4.41. The molecule has 1 aliphatic carbocycles. The van der Waals surface area contributed by atoms with Gasteiger partial charge in [0.2, 0.25) is 21.2 Å². The highest BCUT2D eigenvalue weighted by Crippen LogP contribution is 2.18. The second kappa shape index (κ2) is 5.81. The number of sulfonamides is 1. The maximum Gasteiger partial charge on any atom is 0.243 e. The third-order valence-electron chi connectivity index (χ3n) is 2.49. The van der Waals surface area contributed by atoms with Crippen LogP contribution in [0.4, 0.5) is 0 Å². The third-order valence-corrected chi connectivity index (χ3v) is 4.10. The molecule has 0 bridgehead atoms. The molecule has 2 rings (SSSR count). The Morgan fingerprint density at radius 2 is 2.00 bits per heavy atom. The van der Waals surface area contributed by atoms with Crippen LogP contribution in [0.2, 0.25) is 5.28 Å². The summed E-state index contributed by atoms with van der Waals surface area (Å²) in [5.74, 6) is -0.155. The minimum atomic E-state index is -3.70. The van der Waals surface area contributed by atoms with Crippen LogP contribution in [0, 0.1) is 0 Å². The van der Waals surface area contributed by atoms with E-state index in [4.69, 9.17) is 11.6 Å². The number of halogens is 1. The summed E-state index contributed by atoms with van der Waals surface area (Å²) in [7, 11) is -3.70. The first-order chi connectivity index (χ1) is 8.97. The number of nitrogens with one attached hydrogen (secondary N) is 2. The molecule has 104 valence electrons. The molecule has 0 unspecified atom stereocenters. The quantitative estimate of drug-likeness (QED) is 0.725. The van der Waals surface area contributed by atoms with Crippen LogP contribution in [-0.2, 0) is 14.8 Å². The maximum atomic E-state index is 11.8. The summed E-state index contributed by atoms with van der Waals surface area (Å²) < 4.78 is 25.9. The zero-order valence-corrected chi connectivity index (χ0v) is 11.5. The van der Waals surface area contributed by atoms with Gasteiger partial charge in [-0.2, -0.15) is 0 Å². The van der Waals surface area contributed by atoms with E-state index in [0.29, 0.717) is 0 Å². The highest BCUT2D eigenvalue weighted by atomic mass is 35.5. The summed E-state index contributed by atoms with van der Waals surface area (Å²) in [6.45, 7) is 0.0313. The number of hydrogen-bond donors (Lipinski definition) is 2. The van der Waals surface area contributed by atoms with Crippen molar-refractivity contribution in [3.8, 4) is 0 Å². The predicted molar refractivity (Wildman–Crippen MR) is 68.0 cm³/mol. The lowest BCUT2D eigenvalue weighted by atomic mass is 10.4. The average molecular weight is 305 g/mol. The van der Waals surface area contributed by atoms with Crippen LogP contribution in [0.15, 0.2) is 17.3 Å². The van der Waals surface area contributed by atoms with Gasteiger partial charge in [-0.05, 0) is 24.4 Å². The molecular formula is C10H13ClN4O3S. The number of carbonyl (C=O) groups excluding carboxylic acids is 1. The Bertz CT molecular complexity index is 557. The standard InChI is InChI=1S/C10H13ClN4O3S/c11-10-12-5-8(6-13-10)19(17,18)14-4-3-9(16)15-7-1-2-7/h5-7,14H,1-4H2,(H,15,16). The van der Waals surface area contributed by atoms with E-state index in [2.05, 4.69) is 20.0 Å². The smallest absolute Gasteiger partial charge is 0.243 e. The molecule has 19 heavy (non-hydrogen) atoms. The van der Waals surface area contributed by atoms with Crippen molar-refractivity contribution in [2.75, 3.05) is 6.54 Å². The van der Waals surface area contributed by atoms with Gasteiger partial charge in [0.25, 0.3) is 0 Å². The van der Waals surface area contributed by atoms with Gasteiger partial charge in [0.05, 0.1) is 12.4 Å². The van der Waals surface area contributed by atoms with Crippen LogP contribution >= 0.6 is 11.6 Å². The summed E-state index contributed by atoms with van der Waals surface area (Å²) in [6, 6.07) is 0.272. The van der Waals surface area contributed by atoms with Gasteiger partial charge in [-0.25, -0.2) is 23.1 Å². The van der Waals surface area contributed by atoms with Crippen LogP contribution in [0.3, 0.4) is 0 Å². The number of amides is 1. The van der Waals surface area contributed by atoms with Crippen LogP contribution in [0.5, 0.6) is 0 Å². The largest absolute Gasteiger partial charge is 0.353 e. The van der Waals surface area contributed by atoms with Crippen molar-refractivity contribution in [2.45, 2.75) is 30.2 Å². The van der Waals surface area contributed by atoms with Crippen LogP contribution in [0.1, 0.15) is 19.3 Å². The first-order valence-corrected chi connectivity index (χ1v) is 7.60. The topological polar surface area (TPSA) is 101 Å². The Hall–Kier alpha value is -1.25. The van der Waals surface area contributed by atoms with Crippen molar-refractivity contribution in [1.82, 2.24) is 20.0 Å².